The second-order valence-electron chi connectivity index (χ2n) is 7.26. The molecule has 3 rings (SSSR count). The second-order valence-corrected chi connectivity index (χ2v) is 10.2. The summed E-state index contributed by atoms with van der Waals surface area (Å²) in [6, 6.07) is 23.1. The molecule has 32 heavy (non-hydrogen) atoms. The molecule has 0 atom stereocenters. The normalized spacial score (nSPS) is 11.2. The molecule has 0 radical (unpaired) electrons. The minimum atomic E-state index is -3.54. The number of sulfonamides is 1. The molecule has 1 amide bonds. The Morgan fingerprint density at radius 1 is 0.969 bits per heavy atom. The average molecular weight is 473 g/mol. The minimum absolute atomic E-state index is 0.132. The first-order valence-corrected chi connectivity index (χ1v) is 12.9. The van der Waals surface area contributed by atoms with Gasteiger partial charge in [0.2, 0.25) is 15.9 Å². The molecule has 0 heterocycles. The molecular weight excluding hydrogens is 447 g/mol. The van der Waals surface area contributed by atoms with Gasteiger partial charge in [-0.15, -0.1) is 11.8 Å². The van der Waals surface area contributed by atoms with Crippen molar-refractivity contribution in [2.45, 2.75) is 23.5 Å². The smallest absolute Gasteiger partial charge is 0.232 e. The molecule has 8 heteroatoms. The summed E-state index contributed by atoms with van der Waals surface area (Å²) < 4.78 is 38.5. The van der Waals surface area contributed by atoms with Crippen molar-refractivity contribution < 1.29 is 17.6 Å². The standard InChI is InChI=1S/C24H25FN2O3S2/c1-32(29,30)27(22-15-11-20(25)12-16-22)17-5-8-24(28)26-21-13-9-19(10-14-21)18-31-23-6-3-2-4-7-23/h2-4,6-7,9-16H,5,8,17-18H2,1H3,(H,26,28). The van der Waals surface area contributed by atoms with E-state index in [-0.39, 0.29) is 18.9 Å². The number of rotatable bonds is 10. The lowest BCUT2D eigenvalue weighted by Gasteiger charge is -2.22. The number of amides is 1. The Bertz CT molecular complexity index is 1120. The third kappa shape index (κ3) is 7.39. The predicted molar refractivity (Wildman–Crippen MR) is 129 cm³/mol. The van der Waals surface area contributed by atoms with Crippen LogP contribution in [0.25, 0.3) is 0 Å². The quantitative estimate of drug-likeness (QED) is 0.407. The van der Waals surface area contributed by atoms with E-state index in [1.165, 1.54) is 33.5 Å². The van der Waals surface area contributed by atoms with Gasteiger partial charge in [0, 0.05) is 29.3 Å². The number of nitrogens with one attached hydrogen (secondary N) is 1. The van der Waals surface area contributed by atoms with E-state index < -0.39 is 15.8 Å². The van der Waals surface area contributed by atoms with Gasteiger partial charge in [0.05, 0.1) is 11.9 Å². The summed E-state index contributed by atoms with van der Waals surface area (Å²) in [4.78, 5) is 13.5. The lowest BCUT2D eigenvalue weighted by atomic mass is 10.2. The summed E-state index contributed by atoms with van der Waals surface area (Å²) in [6.45, 7) is 0.132. The van der Waals surface area contributed by atoms with Crippen LogP contribution in [0.5, 0.6) is 0 Å². The highest BCUT2D eigenvalue weighted by atomic mass is 32.2. The Balaban J connectivity index is 1.48. The summed E-state index contributed by atoms with van der Waals surface area (Å²) in [5, 5.41) is 2.84. The Morgan fingerprint density at radius 2 is 1.62 bits per heavy atom. The van der Waals surface area contributed by atoms with Gasteiger partial charge in [0.25, 0.3) is 0 Å². The van der Waals surface area contributed by atoms with Gasteiger partial charge in [-0.05, 0) is 60.5 Å². The summed E-state index contributed by atoms with van der Waals surface area (Å²) >= 11 is 1.75. The first-order chi connectivity index (χ1) is 15.3. The molecule has 0 unspecified atom stereocenters. The fourth-order valence-electron chi connectivity index (χ4n) is 3.07. The zero-order valence-electron chi connectivity index (χ0n) is 17.7. The van der Waals surface area contributed by atoms with E-state index in [1.54, 1.807) is 11.8 Å². The molecule has 0 aliphatic rings. The average Bonchev–Trinajstić information content (AvgIpc) is 2.77. The van der Waals surface area contributed by atoms with E-state index in [0.29, 0.717) is 17.8 Å². The van der Waals surface area contributed by atoms with Gasteiger partial charge in [-0.2, -0.15) is 0 Å². The highest BCUT2D eigenvalue weighted by molar-refractivity contribution is 7.98. The third-order valence-electron chi connectivity index (χ3n) is 4.67. The van der Waals surface area contributed by atoms with Gasteiger partial charge in [0.1, 0.15) is 5.82 Å². The third-order valence-corrected chi connectivity index (χ3v) is 6.94. The van der Waals surface area contributed by atoms with E-state index in [4.69, 9.17) is 0 Å². The largest absolute Gasteiger partial charge is 0.326 e. The molecule has 0 fully saturated rings. The number of thioether (sulfide) groups is 1. The van der Waals surface area contributed by atoms with Crippen molar-refractivity contribution in [3.63, 3.8) is 0 Å². The molecule has 0 aliphatic heterocycles. The van der Waals surface area contributed by atoms with Gasteiger partial charge in [-0.3, -0.25) is 9.10 Å². The number of hydrogen-bond donors (Lipinski definition) is 1. The molecule has 1 N–H and O–H groups in total. The Morgan fingerprint density at radius 3 is 2.25 bits per heavy atom. The maximum Gasteiger partial charge on any atom is 0.232 e. The molecule has 3 aromatic carbocycles. The van der Waals surface area contributed by atoms with Gasteiger partial charge in [-0.25, -0.2) is 12.8 Å². The van der Waals surface area contributed by atoms with Crippen molar-refractivity contribution >= 4 is 39.1 Å². The number of halogens is 1. The molecule has 0 saturated heterocycles. The molecule has 0 aliphatic carbocycles. The van der Waals surface area contributed by atoms with Gasteiger partial charge >= 0.3 is 0 Å². The van der Waals surface area contributed by atoms with Crippen molar-refractivity contribution in [3.8, 4) is 0 Å². The Kier molecular flexibility index (Phi) is 8.30. The van der Waals surface area contributed by atoms with E-state index in [0.717, 1.165) is 17.6 Å². The minimum Gasteiger partial charge on any atom is -0.326 e. The van der Waals surface area contributed by atoms with E-state index >= 15 is 0 Å². The number of benzene rings is 3. The van der Waals surface area contributed by atoms with Crippen LogP contribution in [0, 0.1) is 5.82 Å². The van der Waals surface area contributed by atoms with Gasteiger partial charge in [0.15, 0.2) is 0 Å². The van der Waals surface area contributed by atoms with Gasteiger partial charge in [-0.1, -0.05) is 30.3 Å². The van der Waals surface area contributed by atoms with Crippen LogP contribution in [0.3, 0.4) is 0 Å². The molecule has 168 valence electrons. The lowest BCUT2D eigenvalue weighted by molar-refractivity contribution is -0.116. The van der Waals surface area contributed by atoms with E-state index in [9.17, 15) is 17.6 Å². The maximum atomic E-state index is 13.1. The van der Waals surface area contributed by atoms with Crippen LogP contribution in [0.1, 0.15) is 18.4 Å². The zero-order chi connectivity index (χ0) is 23.0. The topological polar surface area (TPSA) is 66.5 Å². The van der Waals surface area contributed by atoms with Crippen molar-refractivity contribution in [1.82, 2.24) is 0 Å². The first kappa shape index (κ1) is 23.8. The summed E-state index contributed by atoms with van der Waals surface area (Å²) in [5.74, 6) is 0.207. The Labute approximate surface area is 192 Å². The van der Waals surface area contributed by atoms with Crippen LogP contribution in [0.4, 0.5) is 15.8 Å². The number of carbonyl (C=O) groups is 1. The molecule has 0 spiro atoms. The molecular formula is C24H25FN2O3S2. The van der Waals surface area contributed by atoms with Crippen molar-refractivity contribution in [2.75, 3.05) is 22.4 Å². The number of anilines is 2. The SMILES string of the molecule is CS(=O)(=O)N(CCCC(=O)Nc1ccc(CSc2ccccc2)cc1)c1ccc(F)cc1. The van der Waals surface area contributed by atoms with E-state index in [2.05, 4.69) is 17.4 Å². The van der Waals surface area contributed by atoms with Crippen LogP contribution in [-0.2, 0) is 20.6 Å². The van der Waals surface area contributed by atoms with Crippen molar-refractivity contribution in [2.24, 2.45) is 0 Å². The highest BCUT2D eigenvalue weighted by Gasteiger charge is 2.17. The predicted octanol–water partition coefficient (Wildman–Crippen LogP) is 5.30. The van der Waals surface area contributed by atoms with Crippen molar-refractivity contribution in [1.29, 1.82) is 0 Å². The van der Waals surface area contributed by atoms with Crippen LogP contribution in [-0.4, -0.2) is 27.1 Å². The highest BCUT2D eigenvalue weighted by Crippen LogP contribution is 2.23. The van der Waals surface area contributed by atoms with Crippen LogP contribution in [0.2, 0.25) is 0 Å². The molecule has 3 aromatic rings. The summed E-state index contributed by atoms with van der Waals surface area (Å²) in [7, 11) is -3.54. The first-order valence-electron chi connectivity index (χ1n) is 10.1. The summed E-state index contributed by atoms with van der Waals surface area (Å²) in [5.41, 5.74) is 2.22. The maximum absolute atomic E-state index is 13.1. The molecule has 5 nitrogen and oxygen atoms in total. The van der Waals surface area contributed by atoms with Crippen LogP contribution < -0.4 is 9.62 Å². The fraction of sp³-hybridized carbons (Fsp3) is 0.208. The zero-order valence-corrected chi connectivity index (χ0v) is 19.3. The number of hydrogen-bond acceptors (Lipinski definition) is 4. The van der Waals surface area contributed by atoms with Crippen LogP contribution in [0.15, 0.2) is 83.8 Å². The molecule has 0 saturated carbocycles. The second kappa shape index (κ2) is 11.2. The monoisotopic (exact) mass is 472 g/mol. The fourth-order valence-corrected chi connectivity index (χ4v) is 4.91. The van der Waals surface area contributed by atoms with Gasteiger partial charge < -0.3 is 5.32 Å². The molecule has 0 bridgehead atoms. The number of nitrogens with zero attached hydrogens (tertiary/aromatic N) is 1. The van der Waals surface area contributed by atoms with E-state index in [1.807, 2.05) is 42.5 Å². The molecule has 0 aromatic heterocycles. The van der Waals surface area contributed by atoms with Crippen LogP contribution >= 0.6 is 11.8 Å². The Hall–Kier alpha value is -2.84. The number of carbonyl (C=O) groups excluding carboxylic acids is 1. The summed E-state index contributed by atoms with van der Waals surface area (Å²) in [6.07, 6.45) is 1.59. The lowest BCUT2D eigenvalue weighted by Crippen LogP contribution is -2.31. The van der Waals surface area contributed by atoms with Crippen molar-refractivity contribution in [3.05, 3.63) is 90.2 Å².